The molecular weight excluding hydrogens is 454 g/mol. The van der Waals surface area contributed by atoms with Crippen LogP contribution >= 0.6 is 23.1 Å². The smallest absolute Gasteiger partial charge is 0.253 e. The zero-order valence-corrected chi connectivity index (χ0v) is 21.3. The molecule has 9 heteroatoms. The molecule has 1 aliphatic heterocycles. The van der Waals surface area contributed by atoms with Crippen LogP contribution in [0.15, 0.2) is 28.6 Å². The summed E-state index contributed by atoms with van der Waals surface area (Å²) >= 11 is 2.96. The van der Waals surface area contributed by atoms with Crippen LogP contribution in [-0.4, -0.2) is 64.9 Å². The Labute approximate surface area is 204 Å². The Morgan fingerprint density at radius 2 is 1.73 bits per heavy atom. The second-order valence-corrected chi connectivity index (χ2v) is 12.0. The molecule has 1 aromatic carbocycles. The Morgan fingerprint density at radius 3 is 2.36 bits per heavy atom. The molecule has 2 fully saturated rings. The number of thioether (sulfide) groups is 1. The lowest BCUT2D eigenvalue weighted by Gasteiger charge is -2.34. The highest BCUT2D eigenvalue weighted by molar-refractivity contribution is 8.01. The number of benzene rings is 1. The van der Waals surface area contributed by atoms with Crippen LogP contribution in [-0.2, 0) is 10.2 Å². The zero-order chi connectivity index (χ0) is 23.4. The lowest BCUT2D eigenvalue weighted by atomic mass is 9.86. The first-order chi connectivity index (χ1) is 15.8. The van der Waals surface area contributed by atoms with E-state index in [0.29, 0.717) is 24.9 Å². The molecular formula is C24H33N5O2S2. The van der Waals surface area contributed by atoms with Gasteiger partial charge < -0.3 is 15.1 Å². The summed E-state index contributed by atoms with van der Waals surface area (Å²) in [5.41, 5.74) is 2.04. The van der Waals surface area contributed by atoms with E-state index in [4.69, 9.17) is 0 Å². The van der Waals surface area contributed by atoms with Crippen LogP contribution < -0.4 is 10.2 Å². The monoisotopic (exact) mass is 487 g/mol. The van der Waals surface area contributed by atoms with Crippen LogP contribution in [0.3, 0.4) is 0 Å². The number of piperazine rings is 1. The van der Waals surface area contributed by atoms with Gasteiger partial charge in [-0.3, -0.25) is 9.59 Å². The number of rotatable bonds is 6. The predicted molar refractivity (Wildman–Crippen MR) is 134 cm³/mol. The standard InChI is InChI=1S/C24H33N5O2S2/c1-24(2,3)18-10-8-17(9-11-18)21(31)28-12-14-29(15-13-28)22-26-27-23(33-22)32-16-20(30)25-19-6-4-5-7-19/h8-11,19H,4-7,12-16H2,1-3H3,(H,25,30). The summed E-state index contributed by atoms with van der Waals surface area (Å²) in [6.07, 6.45) is 4.60. The molecule has 1 saturated carbocycles. The van der Waals surface area contributed by atoms with Crippen molar-refractivity contribution in [3.63, 3.8) is 0 Å². The Balaban J connectivity index is 1.24. The number of amides is 2. The maximum absolute atomic E-state index is 12.9. The Kier molecular flexibility index (Phi) is 7.58. The number of anilines is 1. The third-order valence-electron chi connectivity index (χ3n) is 6.28. The van der Waals surface area contributed by atoms with Crippen molar-refractivity contribution in [2.45, 2.75) is 62.3 Å². The molecule has 0 radical (unpaired) electrons. The van der Waals surface area contributed by atoms with E-state index in [1.807, 2.05) is 17.0 Å². The summed E-state index contributed by atoms with van der Waals surface area (Å²) in [6, 6.07) is 8.33. The summed E-state index contributed by atoms with van der Waals surface area (Å²) in [4.78, 5) is 29.1. The molecule has 0 atom stereocenters. The van der Waals surface area contributed by atoms with Crippen LogP contribution in [0.5, 0.6) is 0 Å². The van der Waals surface area contributed by atoms with Gasteiger partial charge >= 0.3 is 0 Å². The predicted octanol–water partition coefficient (Wildman–Crippen LogP) is 3.95. The van der Waals surface area contributed by atoms with E-state index in [2.05, 4.69) is 53.3 Å². The number of carbonyl (C=O) groups is 2. The van der Waals surface area contributed by atoms with E-state index in [-0.39, 0.29) is 17.2 Å². The Bertz CT molecular complexity index is 956. The van der Waals surface area contributed by atoms with Crippen LogP contribution in [0, 0.1) is 0 Å². The van der Waals surface area contributed by atoms with Gasteiger partial charge in [0, 0.05) is 37.8 Å². The average Bonchev–Trinajstić information content (AvgIpc) is 3.49. The van der Waals surface area contributed by atoms with Crippen molar-refractivity contribution in [2.24, 2.45) is 0 Å². The third kappa shape index (κ3) is 6.26. The molecule has 2 aliphatic rings. The largest absolute Gasteiger partial charge is 0.353 e. The molecule has 1 saturated heterocycles. The lowest BCUT2D eigenvalue weighted by Crippen LogP contribution is -2.48. The molecule has 7 nitrogen and oxygen atoms in total. The van der Waals surface area contributed by atoms with Crippen molar-refractivity contribution in [3.05, 3.63) is 35.4 Å². The van der Waals surface area contributed by atoms with Gasteiger partial charge in [0.25, 0.3) is 5.91 Å². The van der Waals surface area contributed by atoms with Crippen molar-refractivity contribution in [2.75, 3.05) is 36.8 Å². The van der Waals surface area contributed by atoms with Gasteiger partial charge in [-0.2, -0.15) is 0 Å². The molecule has 178 valence electrons. The number of hydrogen-bond acceptors (Lipinski definition) is 7. The van der Waals surface area contributed by atoms with E-state index in [9.17, 15) is 9.59 Å². The number of hydrogen-bond donors (Lipinski definition) is 1. The van der Waals surface area contributed by atoms with Gasteiger partial charge in [0.05, 0.1) is 5.75 Å². The van der Waals surface area contributed by atoms with Gasteiger partial charge in [0.1, 0.15) is 0 Å². The van der Waals surface area contributed by atoms with E-state index in [0.717, 1.165) is 41.0 Å². The Hall–Kier alpha value is -2.13. The van der Waals surface area contributed by atoms with Crippen LogP contribution in [0.1, 0.15) is 62.4 Å². The van der Waals surface area contributed by atoms with E-state index in [1.54, 1.807) is 0 Å². The highest BCUT2D eigenvalue weighted by atomic mass is 32.2. The third-order valence-corrected chi connectivity index (χ3v) is 8.40. The number of aromatic nitrogens is 2. The summed E-state index contributed by atoms with van der Waals surface area (Å²) in [6.45, 7) is 9.29. The first-order valence-electron chi connectivity index (χ1n) is 11.7. The number of carbonyl (C=O) groups excluding carboxylic acids is 2. The van der Waals surface area contributed by atoms with Crippen LogP contribution in [0.4, 0.5) is 5.13 Å². The Morgan fingerprint density at radius 1 is 1.06 bits per heavy atom. The maximum Gasteiger partial charge on any atom is 0.253 e. The molecule has 1 aliphatic carbocycles. The highest BCUT2D eigenvalue weighted by Gasteiger charge is 2.25. The molecule has 1 aromatic heterocycles. The molecule has 4 rings (SSSR count). The second kappa shape index (κ2) is 10.4. The zero-order valence-electron chi connectivity index (χ0n) is 19.7. The van der Waals surface area contributed by atoms with Gasteiger partial charge in [-0.15, -0.1) is 10.2 Å². The fraction of sp³-hybridized carbons (Fsp3) is 0.583. The molecule has 33 heavy (non-hydrogen) atoms. The molecule has 0 bridgehead atoms. The minimum atomic E-state index is 0.0752. The SMILES string of the molecule is CC(C)(C)c1ccc(C(=O)N2CCN(c3nnc(SCC(=O)NC4CCCC4)s3)CC2)cc1. The van der Waals surface area contributed by atoms with Crippen molar-refractivity contribution in [1.82, 2.24) is 20.4 Å². The molecule has 0 spiro atoms. The minimum Gasteiger partial charge on any atom is -0.353 e. The van der Waals surface area contributed by atoms with Crippen molar-refractivity contribution < 1.29 is 9.59 Å². The first kappa shape index (κ1) is 24.0. The first-order valence-corrected chi connectivity index (χ1v) is 13.5. The lowest BCUT2D eigenvalue weighted by molar-refractivity contribution is -0.119. The quantitative estimate of drug-likeness (QED) is 0.622. The van der Waals surface area contributed by atoms with Crippen molar-refractivity contribution >= 4 is 40.0 Å². The summed E-state index contributed by atoms with van der Waals surface area (Å²) in [5, 5.41) is 12.5. The maximum atomic E-state index is 12.9. The van der Waals surface area contributed by atoms with Crippen LogP contribution in [0.25, 0.3) is 0 Å². The van der Waals surface area contributed by atoms with E-state index in [1.165, 1.54) is 41.5 Å². The van der Waals surface area contributed by atoms with Gasteiger partial charge in [-0.05, 0) is 36.0 Å². The van der Waals surface area contributed by atoms with Crippen molar-refractivity contribution in [1.29, 1.82) is 0 Å². The average molecular weight is 488 g/mol. The topological polar surface area (TPSA) is 78.4 Å². The molecule has 0 unspecified atom stereocenters. The summed E-state index contributed by atoms with van der Waals surface area (Å²) < 4.78 is 0.809. The number of nitrogens with one attached hydrogen (secondary N) is 1. The van der Waals surface area contributed by atoms with Gasteiger partial charge in [-0.1, -0.05) is 68.8 Å². The number of nitrogens with zero attached hydrogens (tertiary/aromatic N) is 4. The fourth-order valence-electron chi connectivity index (χ4n) is 4.25. The van der Waals surface area contributed by atoms with Gasteiger partial charge in [0.15, 0.2) is 4.34 Å². The highest BCUT2D eigenvalue weighted by Crippen LogP contribution is 2.29. The molecule has 1 N–H and O–H groups in total. The van der Waals surface area contributed by atoms with Gasteiger partial charge in [-0.25, -0.2) is 0 Å². The second-order valence-electron chi connectivity index (χ2n) is 9.79. The molecule has 2 aromatic rings. The van der Waals surface area contributed by atoms with Crippen LogP contribution in [0.2, 0.25) is 0 Å². The summed E-state index contributed by atoms with van der Waals surface area (Å²) in [7, 11) is 0. The summed E-state index contributed by atoms with van der Waals surface area (Å²) in [5.74, 6) is 0.532. The van der Waals surface area contributed by atoms with Gasteiger partial charge in [0.2, 0.25) is 11.0 Å². The molecule has 2 amide bonds. The van der Waals surface area contributed by atoms with E-state index < -0.39 is 0 Å². The van der Waals surface area contributed by atoms with Crippen molar-refractivity contribution in [3.8, 4) is 0 Å². The van der Waals surface area contributed by atoms with E-state index >= 15 is 0 Å². The molecule has 2 heterocycles. The fourth-order valence-corrected chi connectivity index (χ4v) is 5.96. The normalized spacial score (nSPS) is 17.4. The minimum absolute atomic E-state index is 0.0752.